The van der Waals surface area contributed by atoms with Gasteiger partial charge in [-0.25, -0.2) is 4.79 Å². The Kier molecular flexibility index (Phi) is 5.07. The number of halogens is 1. The van der Waals surface area contributed by atoms with E-state index in [1.54, 1.807) is 36.4 Å². The highest BCUT2D eigenvalue weighted by molar-refractivity contribution is 9.10. The number of hydrogen-bond donors (Lipinski definition) is 0. The first kappa shape index (κ1) is 17.2. The van der Waals surface area contributed by atoms with Gasteiger partial charge < -0.3 is 4.74 Å². The second-order valence-corrected chi connectivity index (χ2v) is 8.34. The van der Waals surface area contributed by atoms with Crippen LogP contribution in [0.15, 0.2) is 62.3 Å². The molecule has 3 rings (SSSR count). The van der Waals surface area contributed by atoms with Crippen molar-refractivity contribution in [1.82, 2.24) is 0 Å². The maximum absolute atomic E-state index is 12.0. The quantitative estimate of drug-likeness (QED) is 0.553. The Bertz CT molecular complexity index is 925. The van der Waals surface area contributed by atoms with Gasteiger partial charge in [0.25, 0.3) is 10.0 Å². The number of sulfonamides is 1. The number of carbonyl (C=O) groups excluding carboxylic acids is 1. The van der Waals surface area contributed by atoms with Gasteiger partial charge in [0.2, 0.25) is 0 Å². The monoisotopic (exact) mass is 425 g/mol. The Labute approximate surface area is 152 Å². The lowest BCUT2D eigenvalue weighted by Crippen LogP contribution is -2.09. The molecule has 2 aromatic carbocycles. The van der Waals surface area contributed by atoms with Gasteiger partial charge in [0.15, 0.2) is 0 Å². The minimum absolute atomic E-state index is 0.159. The summed E-state index contributed by atoms with van der Waals surface area (Å²) < 4.78 is 33.5. The molecule has 0 saturated heterocycles. The number of hydrogen-bond acceptors (Lipinski definition) is 5. The summed E-state index contributed by atoms with van der Waals surface area (Å²) in [6, 6.07) is 13.7. The summed E-state index contributed by atoms with van der Waals surface area (Å²) >= 11 is 4.55. The molecule has 0 radical (unpaired) electrons. The van der Waals surface area contributed by atoms with Gasteiger partial charge >= 0.3 is 5.97 Å². The van der Waals surface area contributed by atoms with E-state index >= 15 is 0 Å². The van der Waals surface area contributed by atoms with Gasteiger partial charge in [-0.05, 0) is 34.1 Å². The fourth-order valence-electron chi connectivity index (χ4n) is 2.16. The van der Waals surface area contributed by atoms with Crippen molar-refractivity contribution < 1.29 is 17.9 Å². The molecule has 1 heterocycles. The molecule has 24 heavy (non-hydrogen) atoms. The normalized spacial score (nSPS) is 14.8. The fraction of sp³-hybridized carbons (Fsp3) is 0.125. The SMILES string of the molecule is O=C(OCCSC1=NS(=O)(=O)c2ccccc21)c1ccccc1Br. The third-order valence-electron chi connectivity index (χ3n) is 3.25. The second-order valence-electron chi connectivity index (χ2n) is 4.83. The average Bonchev–Trinajstić information content (AvgIpc) is 2.83. The van der Waals surface area contributed by atoms with Crippen LogP contribution < -0.4 is 0 Å². The Balaban J connectivity index is 1.58. The molecular formula is C16H12BrNO4S2. The van der Waals surface area contributed by atoms with Crippen molar-refractivity contribution in [3.63, 3.8) is 0 Å². The van der Waals surface area contributed by atoms with Crippen LogP contribution in [0.1, 0.15) is 15.9 Å². The van der Waals surface area contributed by atoms with Crippen LogP contribution in [0.3, 0.4) is 0 Å². The van der Waals surface area contributed by atoms with E-state index in [0.717, 1.165) is 0 Å². The van der Waals surface area contributed by atoms with Crippen LogP contribution in [0, 0.1) is 0 Å². The third-order valence-corrected chi connectivity index (χ3v) is 6.34. The van der Waals surface area contributed by atoms with Gasteiger partial charge in [0.1, 0.15) is 11.7 Å². The van der Waals surface area contributed by atoms with E-state index in [0.29, 0.717) is 26.4 Å². The van der Waals surface area contributed by atoms with Crippen molar-refractivity contribution in [2.75, 3.05) is 12.4 Å². The zero-order chi connectivity index (χ0) is 17.2. The number of esters is 1. The lowest BCUT2D eigenvalue weighted by molar-refractivity contribution is 0.0529. The molecule has 0 aliphatic carbocycles. The van der Waals surface area contributed by atoms with E-state index in [9.17, 15) is 13.2 Å². The molecule has 0 atom stereocenters. The average molecular weight is 426 g/mol. The van der Waals surface area contributed by atoms with Crippen molar-refractivity contribution in [2.24, 2.45) is 4.40 Å². The lowest BCUT2D eigenvalue weighted by Gasteiger charge is -2.06. The highest BCUT2D eigenvalue weighted by Crippen LogP contribution is 2.30. The van der Waals surface area contributed by atoms with Crippen LogP contribution in [0.4, 0.5) is 0 Å². The summed E-state index contributed by atoms with van der Waals surface area (Å²) in [5, 5.41) is 0.433. The van der Waals surface area contributed by atoms with E-state index in [4.69, 9.17) is 4.74 Å². The zero-order valence-corrected chi connectivity index (χ0v) is 15.5. The third kappa shape index (κ3) is 3.55. The molecule has 0 unspecified atom stereocenters. The molecule has 0 bridgehead atoms. The van der Waals surface area contributed by atoms with E-state index in [1.165, 1.54) is 17.8 Å². The van der Waals surface area contributed by atoms with Gasteiger partial charge in [-0.15, -0.1) is 11.8 Å². The Morgan fingerprint density at radius 1 is 1.12 bits per heavy atom. The highest BCUT2D eigenvalue weighted by Gasteiger charge is 2.28. The molecule has 0 aromatic heterocycles. The molecule has 0 amide bonds. The highest BCUT2D eigenvalue weighted by atomic mass is 79.9. The molecular weight excluding hydrogens is 414 g/mol. The predicted molar refractivity (Wildman–Crippen MR) is 97.0 cm³/mol. The molecule has 0 saturated carbocycles. The minimum atomic E-state index is -3.60. The van der Waals surface area contributed by atoms with Gasteiger partial charge in [0.05, 0.1) is 10.5 Å². The predicted octanol–water partition coefficient (Wildman–Crippen LogP) is 3.49. The number of rotatable bonds is 4. The van der Waals surface area contributed by atoms with Crippen LogP contribution in [0.2, 0.25) is 0 Å². The van der Waals surface area contributed by atoms with Gasteiger partial charge in [-0.3, -0.25) is 0 Å². The van der Waals surface area contributed by atoms with E-state index in [-0.39, 0.29) is 11.5 Å². The summed E-state index contributed by atoms with van der Waals surface area (Å²) in [6.45, 7) is 0.159. The van der Waals surface area contributed by atoms with Crippen LogP contribution in [0.5, 0.6) is 0 Å². The maximum atomic E-state index is 12.0. The number of nitrogens with zero attached hydrogens (tertiary/aromatic N) is 1. The number of benzene rings is 2. The molecule has 8 heteroatoms. The summed E-state index contributed by atoms with van der Waals surface area (Å²) in [5.41, 5.74) is 1.05. The van der Waals surface area contributed by atoms with Crippen molar-refractivity contribution in [3.05, 3.63) is 64.1 Å². The lowest BCUT2D eigenvalue weighted by atomic mass is 10.2. The fourth-order valence-corrected chi connectivity index (χ4v) is 4.98. The van der Waals surface area contributed by atoms with Crippen LogP contribution in [0.25, 0.3) is 0 Å². The first-order valence-corrected chi connectivity index (χ1v) is 10.2. The summed E-state index contributed by atoms with van der Waals surface area (Å²) in [4.78, 5) is 12.2. The Morgan fingerprint density at radius 2 is 1.83 bits per heavy atom. The Hall–Kier alpha value is -1.64. The number of thioether (sulfide) groups is 1. The number of carbonyl (C=O) groups is 1. The summed E-state index contributed by atoms with van der Waals surface area (Å²) in [5.74, 6) is -0.0109. The first-order valence-electron chi connectivity index (χ1n) is 6.98. The van der Waals surface area contributed by atoms with E-state index in [1.807, 2.05) is 6.07 Å². The topological polar surface area (TPSA) is 72.8 Å². The van der Waals surface area contributed by atoms with Crippen molar-refractivity contribution >= 4 is 48.7 Å². The molecule has 1 aliphatic heterocycles. The molecule has 124 valence electrons. The standard InChI is InChI=1S/C16H12BrNO4S2/c17-13-7-3-1-5-11(13)16(19)22-9-10-23-15-12-6-2-4-8-14(12)24(20,21)18-15/h1-8H,9-10H2. The molecule has 5 nitrogen and oxygen atoms in total. The molecule has 0 fully saturated rings. The smallest absolute Gasteiger partial charge is 0.339 e. The molecule has 0 spiro atoms. The first-order chi connectivity index (χ1) is 11.5. The van der Waals surface area contributed by atoms with Crippen LogP contribution in [-0.4, -0.2) is 31.8 Å². The molecule has 2 aromatic rings. The number of fused-ring (bicyclic) bond motifs is 1. The van der Waals surface area contributed by atoms with Crippen LogP contribution in [-0.2, 0) is 14.8 Å². The Morgan fingerprint density at radius 3 is 2.62 bits per heavy atom. The van der Waals surface area contributed by atoms with Crippen molar-refractivity contribution in [1.29, 1.82) is 0 Å². The zero-order valence-electron chi connectivity index (χ0n) is 12.3. The van der Waals surface area contributed by atoms with Crippen molar-refractivity contribution in [3.8, 4) is 0 Å². The molecule has 1 aliphatic rings. The van der Waals surface area contributed by atoms with Gasteiger partial charge in [0, 0.05) is 15.8 Å². The largest absolute Gasteiger partial charge is 0.461 e. The molecule has 0 N–H and O–H groups in total. The maximum Gasteiger partial charge on any atom is 0.339 e. The second kappa shape index (κ2) is 7.08. The van der Waals surface area contributed by atoms with Crippen LogP contribution >= 0.6 is 27.7 Å². The van der Waals surface area contributed by atoms with Gasteiger partial charge in [-0.1, -0.05) is 30.3 Å². The van der Waals surface area contributed by atoms with E-state index in [2.05, 4.69) is 20.3 Å². The van der Waals surface area contributed by atoms with E-state index < -0.39 is 16.0 Å². The number of ether oxygens (including phenoxy) is 1. The summed E-state index contributed by atoms with van der Waals surface area (Å²) in [6.07, 6.45) is 0. The summed E-state index contributed by atoms with van der Waals surface area (Å²) in [7, 11) is -3.60. The van der Waals surface area contributed by atoms with Crippen molar-refractivity contribution in [2.45, 2.75) is 4.90 Å². The van der Waals surface area contributed by atoms with Gasteiger partial charge in [-0.2, -0.15) is 12.8 Å². The minimum Gasteiger partial charge on any atom is -0.461 e.